The lowest BCUT2D eigenvalue weighted by Gasteiger charge is -2.36. The molecule has 1 fully saturated rings. The van der Waals surface area contributed by atoms with E-state index in [1.165, 1.54) is 11.6 Å². The van der Waals surface area contributed by atoms with Crippen LogP contribution in [0.5, 0.6) is 0 Å². The normalized spacial score (nSPS) is 14.7. The molecule has 156 valence electrons. The maximum atomic E-state index is 13.8. The SMILES string of the molecule is Fc1ccccc1Cn1ccc(NC(=S)N2CCN(Cc3cccc(Cl)c3)CC2)n1. The van der Waals surface area contributed by atoms with E-state index < -0.39 is 0 Å². The highest BCUT2D eigenvalue weighted by atomic mass is 35.5. The standard InChI is InChI=1S/C22H23ClFN5S/c23-19-6-3-4-17(14-19)15-27-10-12-28(13-11-27)22(30)25-21-8-9-29(26-21)16-18-5-1-2-7-20(18)24/h1-9,14H,10-13,15-16H2,(H,25,26,30). The summed E-state index contributed by atoms with van der Waals surface area (Å²) in [6.07, 6.45) is 1.82. The average molecular weight is 444 g/mol. The Kier molecular flexibility index (Phi) is 6.62. The van der Waals surface area contributed by atoms with E-state index in [9.17, 15) is 4.39 Å². The van der Waals surface area contributed by atoms with E-state index in [1.807, 2.05) is 36.5 Å². The molecule has 2 aromatic carbocycles. The number of hydrogen-bond acceptors (Lipinski definition) is 3. The molecule has 1 saturated heterocycles. The Morgan fingerprint density at radius 1 is 1.03 bits per heavy atom. The molecule has 30 heavy (non-hydrogen) atoms. The summed E-state index contributed by atoms with van der Waals surface area (Å²) >= 11 is 11.7. The Bertz CT molecular complexity index is 1020. The first kappa shape index (κ1) is 20.8. The van der Waals surface area contributed by atoms with E-state index >= 15 is 0 Å². The number of anilines is 1. The van der Waals surface area contributed by atoms with E-state index in [2.05, 4.69) is 26.3 Å². The molecular formula is C22H23ClFN5S. The minimum absolute atomic E-state index is 0.228. The van der Waals surface area contributed by atoms with Gasteiger partial charge in [0.15, 0.2) is 10.9 Å². The third-order valence-corrected chi connectivity index (χ3v) is 5.72. The molecule has 1 aliphatic rings. The number of nitrogens with one attached hydrogen (secondary N) is 1. The topological polar surface area (TPSA) is 36.3 Å². The van der Waals surface area contributed by atoms with Gasteiger partial charge in [-0.1, -0.05) is 41.9 Å². The van der Waals surface area contributed by atoms with Crippen molar-refractivity contribution in [2.24, 2.45) is 0 Å². The molecule has 0 atom stereocenters. The van der Waals surface area contributed by atoms with E-state index in [0.717, 1.165) is 37.7 Å². The number of aromatic nitrogens is 2. The lowest BCUT2D eigenvalue weighted by atomic mass is 10.2. The van der Waals surface area contributed by atoms with Crippen molar-refractivity contribution in [1.82, 2.24) is 19.6 Å². The molecule has 5 nitrogen and oxygen atoms in total. The molecule has 1 aromatic heterocycles. The van der Waals surface area contributed by atoms with Gasteiger partial charge in [0.1, 0.15) is 5.82 Å². The molecular weight excluding hydrogens is 421 g/mol. The lowest BCUT2D eigenvalue weighted by Crippen LogP contribution is -2.49. The fourth-order valence-electron chi connectivity index (χ4n) is 3.51. The van der Waals surface area contributed by atoms with Crippen molar-refractivity contribution in [2.75, 3.05) is 31.5 Å². The second-order valence-electron chi connectivity index (χ2n) is 7.31. The van der Waals surface area contributed by atoms with Crippen molar-refractivity contribution in [3.05, 3.63) is 82.8 Å². The highest BCUT2D eigenvalue weighted by molar-refractivity contribution is 7.80. The lowest BCUT2D eigenvalue weighted by molar-refractivity contribution is 0.177. The minimum Gasteiger partial charge on any atom is -0.346 e. The Morgan fingerprint density at radius 2 is 1.83 bits per heavy atom. The van der Waals surface area contributed by atoms with Gasteiger partial charge >= 0.3 is 0 Å². The number of rotatable bonds is 5. The van der Waals surface area contributed by atoms with E-state index in [-0.39, 0.29) is 5.82 Å². The molecule has 2 heterocycles. The monoisotopic (exact) mass is 443 g/mol. The third kappa shape index (κ3) is 5.36. The van der Waals surface area contributed by atoms with Gasteiger partial charge < -0.3 is 10.2 Å². The smallest absolute Gasteiger partial charge is 0.174 e. The van der Waals surface area contributed by atoms with Crippen LogP contribution in [0.2, 0.25) is 5.02 Å². The fraction of sp³-hybridized carbons (Fsp3) is 0.273. The zero-order chi connectivity index (χ0) is 20.9. The number of halogens is 2. The van der Waals surface area contributed by atoms with Crippen LogP contribution < -0.4 is 5.32 Å². The summed E-state index contributed by atoms with van der Waals surface area (Å²) in [7, 11) is 0. The molecule has 4 rings (SSSR count). The van der Waals surface area contributed by atoms with Gasteiger partial charge in [-0.15, -0.1) is 0 Å². The zero-order valence-electron chi connectivity index (χ0n) is 16.5. The van der Waals surface area contributed by atoms with E-state index in [4.69, 9.17) is 23.8 Å². The number of thiocarbonyl (C=S) groups is 1. The molecule has 1 aliphatic heterocycles. The molecule has 0 saturated carbocycles. The molecule has 3 aromatic rings. The maximum Gasteiger partial charge on any atom is 0.174 e. The highest BCUT2D eigenvalue weighted by Gasteiger charge is 2.19. The molecule has 0 radical (unpaired) electrons. The first-order valence-electron chi connectivity index (χ1n) is 9.86. The van der Waals surface area contributed by atoms with E-state index in [1.54, 1.807) is 16.8 Å². The van der Waals surface area contributed by atoms with Crippen LogP contribution in [0.3, 0.4) is 0 Å². The van der Waals surface area contributed by atoms with Crippen molar-refractivity contribution in [2.45, 2.75) is 13.1 Å². The zero-order valence-corrected chi connectivity index (χ0v) is 18.0. The molecule has 0 bridgehead atoms. The first-order chi connectivity index (χ1) is 14.6. The van der Waals surface area contributed by atoms with Crippen LogP contribution in [-0.2, 0) is 13.1 Å². The Morgan fingerprint density at radius 3 is 2.60 bits per heavy atom. The van der Waals surface area contributed by atoms with Crippen LogP contribution in [-0.4, -0.2) is 50.9 Å². The van der Waals surface area contributed by atoms with Crippen molar-refractivity contribution >= 4 is 34.7 Å². The summed E-state index contributed by atoms with van der Waals surface area (Å²) in [6.45, 7) is 4.81. The second kappa shape index (κ2) is 9.55. The summed E-state index contributed by atoms with van der Waals surface area (Å²) in [6, 6.07) is 16.6. The molecule has 0 amide bonds. The van der Waals surface area contributed by atoms with Crippen LogP contribution in [0.4, 0.5) is 10.2 Å². The molecule has 0 spiro atoms. The number of hydrogen-bond donors (Lipinski definition) is 1. The van der Waals surface area contributed by atoms with Gasteiger partial charge in [-0.25, -0.2) is 4.39 Å². The fourth-order valence-corrected chi connectivity index (χ4v) is 4.01. The van der Waals surface area contributed by atoms with Crippen LogP contribution in [0.25, 0.3) is 0 Å². The van der Waals surface area contributed by atoms with Crippen LogP contribution in [0, 0.1) is 5.82 Å². The van der Waals surface area contributed by atoms with Gasteiger partial charge in [-0.3, -0.25) is 9.58 Å². The summed E-state index contributed by atoms with van der Waals surface area (Å²) in [4.78, 5) is 4.55. The quantitative estimate of drug-likeness (QED) is 0.597. The van der Waals surface area contributed by atoms with Crippen LogP contribution in [0.15, 0.2) is 60.8 Å². The van der Waals surface area contributed by atoms with Crippen LogP contribution >= 0.6 is 23.8 Å². The first-order valence-corrected chi connectivity index (χ1v) is 10.6. The van der Waals surface area contributed by atoms with Crippen molar-refractivity contribution in [3.63, 3.8) is 0 Å². The molecule has 0 unspecified atom stereocenters. The minimum atomic E-state index is -0.228. The van der Waals surface area contributed by atoms with Crippen molar-refractivity contribution < 1.29 is 4.39 Å². The van der Waals surface area contributed by atoms with Gasteiger partial charge in [0.2, 0.25) is 0 Å². The Balaban J connectivity index is 1.27. The third-order valence-electron chi connectivity index (χ3n) is 5.12. The van der Waals surface area contributed by atoms with Gasteiger partial charge in [0.05, 0.1) is 6.54 Å². The van der Waals surface area contributed by atoms with Gasteiger partial charge in [-0.05, 0) is 36.0 Å². The van der Waals surface area contributed by atoms with Crippen molar-refractivity contribution in [1.29, 1.82) is 0 Å². The van der Waals surface area contributed by atoms with Gasteiger partial charge in [0, 0.05) is 55.6 Å². The second-order valence-corrected chi connectivity index (χ2v) is 8.14. The highest BCUT2D eigenvalue weighted by Crippen LogP contribution is 2.15. The Labute approximate surface area is 186 Å². The number of nitrogens with zero attached hydrogens (tertiary/aromatic N) is 4. The van der Waals surface area contributed by atoms with Crippen molar-refractivity contribution in [3.8, 4) is 0 Å². The Hall–Kier alpha value is -2.48. The predicted octanol–water partition coefficient (Wildman–Crippen LogP) is 4.24. The predicted molar refractivity (Wildman–Crippen MR) is 122 cm³/mol. The average Bonchev–Trinajstić information content (AvgIpc) is 3.17. The summed E-state index contributed by atoms with van der Waals surface area (Å²) in [5, 5.41) is 9.09. The number of piperazine rings is 1. The summed E-state index contributed by atoms with van der Waals surface area (Å²) in [5.74, 6) is 0.436. The summed E-state index contributed by atoms with van der Waals surface area (Å²) < 4.78 is 15.5. The largest absolute Gasteiger partial charge is 0.346 e. The van der Waals surface area contributed by atoms with E-state index in [0.29, 0.717) is 23.0 Å². The maximum absolute atomic E-state index is 13.8. The summed E-state index contributed by atoms with van der Waals surface area (Å²) in [5.41, 5.74) is 1.82. The molecule has 0 aliphatic carbocycles. The molecule has 8 heteroatoms. The molecule has 1 N–H and O–H groups in total. The van der Waals surface area contributed by atoms with Crippen LogP contribution in [0.1, 0.15) is 11.1 Å². The van der Waals surface area contributed by atoms with Gasteiger partial charge in [0.25, 0.3) is 0 Å². The number of benzene rings is 2. The van der Waals surface area contributed by atoms with Gasteiger partial charge in [-0.2, -0.15) is 5.10 Å².